The molecule has 1 aromatic carbocycles. The maximum absolute atomic E-state index is 11.6. The number of urea groups is 1. The van der Waals surface area contributed by atoms with E-state index >= 15 is 0 Å². The molecular weight excluding hydrogens is 284 g/mol. The fraction of sp³-hybridized carbons (Fsp3) is 0.154. The molecule has 19 heavy (non-hydrogen) atoms. The summed E-state index contributed by atoms with van der Waals surface area (Å²) in [6.45, 7) is 0.156. The van der Waals surface area contributed by atoms with Crippen LogP contribution in [0.4, 0.5) is 10.5 Å². The van der Waals surface area contributed by atoms with Crippen molar-refractivity contribution < 1.29 is 9.90 Å². The number of aliphatic hydroxyl groups excluding tert-OH is 1. The summed E-state index contributed by atoms with van der Waals surface area (Å²) in [5.41, 5.74) is 1.41. The van der Waals surface area contributed by atoms with Gasteiger partial charge in [-0.25, -0.2) is 4.79 Å². The standard InChI is InChI=1S/C13H13ClN2O2S/c14-10-2-1-3-11(6-10)16-13(18)15-7-12(17)9-4-5-19-8-9/h1-6,8,12,17H,7H2,(H2,15,16,18)/t12-/m1/s1. The Balaban J connectivity index is 1.82. The molecule has 0 saturated carbocycles. The first kappa shape index (κ1) is 13.9. The van der Waals surface area contributed by atoms with Gasteiger partial charge in [-0.15, -0.1) is 0 Å². The molecule has 0 aliphatic rings. The monoisotopic (exact) mass is 296 g/mol. The van der Waals surface area contributed by atoms with E-state index in [0.717, 1.165) is 5.56 Å². The molecule has 0 saturated heterocycles. The molecule has 0 fully saturated rings. The lowest BCUT2D eigenvalue weighted by Gasteiger charge is -2.11. The Morgan fingerprint density at radius 1 is 1.42 bits per heavy atom. The Hall–Kier alpha value is -1.56. The van der Waals surface area contributed by atoms with E-state index in [9.17, 15) is 9.90 Å². The lowest BCUT2D eigenvalue weighted by molar-refractivity contribution is 0.175. The van der Waals surface area contributed by atoms with Crippen LogP contribution in [0.3, 0.4) is 0 Å². The van der Waals surface area contributed by atoms with Gasteiger partial charge >= 0.3 is 6.03 Å². The summed E-state index contributed by atoms with van der Waals surface area (Å²) in [4.78, 5) is 11.6. The fourth-order valence-corrected chi connectivity index (χ4v) is 2.41. The Morgan fingerprint density at radius 2 is 2.26 bits per heavy atom. The molecule has 0 bridgehead atoms. The van der Waals surface area contributed by atoms with E-state index in [2.05, 4.69) is 10.6 Å². The predicted octanol–water partition coefficient (Wildman–Crippen LogP) is 3.26. The third kappa shape index (κ3) is 4.24. The van der Waals surface area contributed by atoms with Crippen molar-refractivity contribution in [2.75, 3.05) is 11.9 Å². The average Bonchev–Trinajstić information content (AvgIpc) is 2.90. The largest absolute Gasteiger partial charge is 0.387 e. The highest BCUT2D eigenvalue weighted by Gasteiger charge is 2.09. The molecule has 1 aromatic heterocycles. The third-order valence-corrected chi connectivity index (χ3v) is 3.40. The van der Waals surface area contributed by atoms with Crippen molar-refractivity contribution in [3.05, 3.63) is 51.7 Å². The number of carbonyl (C=O) groups excluding carboxylic acids is 1. The van der Waals surface area contributed by atoms with Gasteiger partial charge in [0.1, 0.15) is 0 Å². The minimum atomic E-state index is -0.698. The molecule has 6 heteroatoms. The number of thiophene rings is 1. The minimum absolute atomic E-state index is 0.156. The van der Waals surface area contributed by atoms with Gasteiger partial charge in [-0.1, -0.05) is 17.7 Å². The highest BCUT2D eigenvalue weighted by Crippen LogP contribution is 2.16. The van der Waals surface area contributed by atoms with Crippen LogP contribution in [0.25, 0.3) is 0 Å². The molecule has 0 aliphatic carbocycles. The van der Waals surface area contributed by atoms with Crippen LogP contribution < -0.4 is 10.6 Å². The first-order valence-electron chi connectivity index (χ1n) is 5.66. The highest BCUT2D eigenvalue weighted by molar-refractivity contribution is 7.07. The van der Waals surface area contributed by atoms with Crippen molar-refractivity contribution in [2.24, 2.45) is 0 Å². The van der Waals surface area contributed by atoms with Crippen molar-refractivity contribution in [3.8, 4) is 0 Å². The van der Waals surface area contributed by atoms with Gasteiger partial charge in [-0.2, -0.15) is 11.3 Å². The number of nitrogens with one attached hydrogen (secondary N) is 2. The van der Waals surface area contributed by atoms with Gasteiger partial charge in [0.05, 0.1) is 6.10 Å². The van der Waals surface area contributed by atoms with Crippen LogP contribution in [0.1, 0.15) is 11.7 Å². The Bertz CT molecular complexity index is 545. The van der Waals surface area contributed by atoms with E-state index in [1.54, 1.807) is 24.3 Å². The number of benzene rings is 1. The molecule has 4 nitrogen and oxygen atoms in total. The van der Waals surface area contributed by atoms with E-state index in [4.69, 9.17) is 11.6 Å². The number of anilines is 1. The number of halogens is 1. The molecule has 0 unspecified atom stereocenters. The summed E-state index contributed by atoms with van der Waals surface area (Å²) < 4.78 is 0. The Labute approximate surface area is 120 Å². The van der Waals surface area contributed by atoms with Crippen LogP contribution in [0.2, 0.25) is 5.02 Å². The molecule has 0 aliphatic heterocycles. The molecule has 1 atom stereocenters. The van der Waals surface area contributed by atoms with E-state index in [0.29, 0.717) is 10.7 Å². The van der Waals surface area contributed by atoms with Crippen LogP contribution in [0.15, 0.2) is 41.1 Å². The van der Waals surface area contributed by atoms with E-state index in [1.807, 2.05) is 16.8 Å². The van der Waals surface area contributed by atoms with Crippen LogP contribution in [-0.4, -0.2) is 17.7 Å². The second-order valence-electron chi connectivity index (χ2n) is 3.92. The van der Waals surface area contributed by atoms with E-state index in [-0.39, 0.29) is 12.6 Å². The van der Waals surface area contributed by atoms with Gasteiger partial charge in [-0.3, -0.25) is 0 Å². The lowest BCUT2D eigenvalue weighted by atomic mass is 10.2. The molecule has 3 N–H and O–H groups in total. The zero-order valence-corrected chi connectivity index (χ0v) is 11.5. The number of aliphatic hydroxyl groups is 1. The molecule has 0 radical (unpaired) electrons. The van der Waals surface area contributed by atoms with Crippen molar-refractivity contribution in [3.63, 3.8) is 0 Å². The Kier molecular flexibility index (Phi) is 4.79. The number of rotatable bonds is 4. The van der Waals surface area contributed by atoms with Gasteiger partial charge in [0.25, 0.3) is 0 Å². The summed E-state index contributed by atoms with van der Waals surface area (Å²) in [7, 11) is 0. The number of hydrogen-bond donors (Lipinski definition) is 3. The SMILES string of the molecule is O=C(NC[C@@H](O)c1ccsc1)Nc1cccc(Cl)c1. The Morgan fingerprint density at radius 3 is 2.95 bits per heavy atom. The summed E-state index contributed by atoms with van der Waals surface area (Å²) in [5, 5.41) is 19.3. The van der Waals surface area contributed by atoms with Gasteiger partial charge in [0, 0.05) is 17.3 Å². The molecular formula is C13H13ClN2O2S. The quantitative estimate of drug-likeness (QED) is 0.811. The van der Waals surface area contributed by atoms with Crippen molar-refractivity contribution in [2.45, 2.75) is 6.10 Å². The van der Waals surface area contributed by atoms with Gasteiger partial charge in [-0.05, 0) is 40.6 Å². The summed E-state index contributed by atoms with van der Waals surface area (Å²) in [6, 6.07) is 8.31. The molecule has 2 rings (SSSR count). The first-order valence-corrected chi connectivity index (χ1v) is 6.98. The second kappa shape index (κ2) is 6.56. The maximum atomic E-state index is 11.6. The molecule has 100 valence electrons. The van der Waals surface area contributed by atoms with Crippen LogP contribution >= 0.6 is 22.9 Å². The average molecular weight is 297 g/mol. The zero-order chi connectivity index (χ0) is 13.7. The maximum Gasteiger partial charge on any atom is 0.319 e. The normalized spacial score (nSPS) is 11.9. The lowest BCUT2D eigenvalue weighted by Crippen LogP contribution is -2.32. The smallest absolute Gasteiger partial charge is 0.319 e. The van der Waals surface area contributed by atoms with Crippen molar-refractivity contribution in [1.29, 1.82) is 0 Å². The van der Waals surface area contributed by atoms with Gasteiger partial charge in [0.2, 0.25) is 0 Å². The number of carbonyl (C=O) groups is 1. The predicted molar refractivity (Wildman–Crippen MR) is 77.8 cm³/mol. The fourth-order valence-electron chi connectivity index (χ4n) is 1.51. The van der Waals surface area contributed by atoms with Gasteiger partial charge in [0.15, 0.2) is 0 Å². The van der Waals surface area contributed by atoms with Gasteiger partial charge < -0.3 is 15.7 Å². The zero-order valence-electron chi connectivity index (χ0n) is 9.97. The molecule has 1 heterocycles. The van der Waals surface area contributed by atoms with Crippen LogP contribution in [0.5, 0.6) is 0 Å². The summed E-state index contributed by atoms with van der Waals surface area (Å²) in [5.74, 6) is 0. The summed E-state index contributed by atoms with van der Waals surface area (Å²) >= 11 is 7.32. The number of amides is 2. The number of hydrogen-bond acceptors (Lipinski definition) is 3. The molecule has 0 spiro atoms. The minimum Gasteiger partial charge on any atom is -0.387 e. The van der Waals surface area contributed by atoms with Crippen LogP contribution in [0, 0.1) is 0 Å². The molecule has 2 aromatic rings. The third-order valence-electron chi connectivity index (χ3n) is 2.47. The summed E-state index contributed by atoms with van der Waals surface area (Å²) in [6.07, 6.45) is -0.698. The first-order chi connectivity index (χ1) is 9.15. The van der Waals surface area contributed by atoms with E-state index in [1.165, 1.54) is 11.3 Å². The molecule has 2 amide bonds. The second-order valence-corrected chi connectivity index (χ2v) is 5.13. The van der Waals surface area contributed by atoms with Crippen molar-refractivity contribution >= 4 is 34.7 Å². The van der Waals surface area contributed by atoms with E-state index < -0.39 is 6.10 Å². The topological polar surface area (TPSA) is 61.4 Å². The van der Waals surface area contributed by atoms with Crippen LogP contribution in [-0.2, 0) is 0 Å². The highest BCUT2D eigenvalue weighted by atomic mass is 35.5. The van der Waals surface area contributed by atoms with Crippen molar-refractivity contribution in [1.82, 2.24) is 5.32 Å².